The van der Waals surface area contributed by atoms with Gasteiger partial charge >= 0.3 is 12.2 Å². The maximum atomic E-state index is 12.8. The van der Waals surface area contributed by atoms with Gasteiger partial charge in [-0.3, -0.25) is 9.59 Å². The van der Waals surface area contributed by atoms with E-state index in [1.807, 2.05) is 70.5 Å². The second kappa shape index (κ2) is 21.8. The largest absolute Gasteiger partial charge is 0.445 e. The molecule has 2 aliphatic rings. The van der Waals surface area contributed by atoms with Crippen molar-refractivity contribution in [3.05, 3.63) is 71.8 Å². The number of hydrogen-bond acceptors (Lipinski definition) is 6. The van der Waals surface area contributed by atoms with Crippen molar-refractivity contribution in [3.63, 3.8) is 0 Å². The standard InChI is InChI=1S/C39H56N4O6/c44-36(17-9-3-11-23-40-38(46)48-30-34-13-5-1-6-14-34)42-25-19-32(20-26-42)29-33-21-27-43(28-22-33)37(45)18-10-4-12-24-41-39(47)49-31-35-15-7-2-8-16-35/h1-2,5-8,13-16,32-33H,3-4,9-12,17-31H2,(H,40,46)(H,41,47). The molecule has 2 fully saturated rings. The summed E-state index contributed by atoms with van der Waals surface area (Å²) in [6.07, 6.45) is 10.9. The van der Waals surface area contributed by atoms with E-state index < -0.39 is 12.2 Å². The van der Waals surface area contributed by atoms with Gasteiger partial charge in [0.15, 0.2) is 0 Å². The Bertz CT molecular complexity index is 1160. The smallest absolute Gasteiger partial charge is 0.407 e. The highest BCUT2D eigenvalue weighted by atomic mass is 16.6. The Balaban J connectivity index is 0.947. The highest BCUT2D eigenvalue weighted by Crippen LogP contribution is 2.30. The first-order valence-corrected chi connectivity index (χ1v) is 18.4. The van der Waals surface area contributed by atoms with Gasteiger partial charge in [0.1, 0.15) is 13.2 Å². The van der Waals surface area contributed by atoms with Crippen molar-refractivity contribution in [2.75, 3.05) is 39.3 Å². The maximum Gasteiger partial charge on any atom is 0.407 e. The Morgan fingerprint density at radius 1 is 0.551 bits per heavy atom. The normalized spacial score (nSPS) is 15.4. The molecule has 2 heterocycles. The highest BCUT2D eigenvalue weighted by Gasteiger charge is 2.28. The topological polar surface area (TPSA) is 117 Å². The van der Waals surface area contributed by atoms with Crippen molar-refractivity contribution in [1.29, 1.82) is 0 Å². The maximum absolute atomic E-state index is 12.8. The number of carbonyl (C=O) groups is 4. The van der Waals surface area contributed by atoms with Crippen LogP contribution < -0.4 is 10.6 Å². The van der Waals surface area contributed by atoms with Crippen LogP contribution in [-0.2, 0) is 32.3 Å². The van der Waals surface area contributed by atoms with Gasteiger partial charge in [-0.1, -0.05) is 73.5 Å². The molecule has 4 rings (SSSR count). The number of benzene rings is 2. The molecule has 2 aromatic carbocycles. The van der Waals surface area contributed by atoms with Crippen LogP contribution in [0.4, 0.5) is 9.59 Å². The third kappa shape index (κ3) is 14.9. The van der Waals surface area contributed by atoms with Crippen molar-refractivity contribution >= 4 is 24.0 Å². The van der Waals surface area contributed by atoms with E-state index in [4.69, 9.17) is 9.47 Å². The average Bonchev–Trinajstić information content (AvgIpc) is 3.14. The number of likely N-dealkylation sites (tertiary alicyclic amines) is 2. The summed E-state index contributed by atoms with van der Waals surface area (Å²) in [4.78, 5) is 53.3. The molecule has 10 heteroatoms. The van der Waals surface area contributed by atoms with E-state index in [2.05, 4.69) is 10.6 Å². The summed E-state index contributed by atoms with van der Waals surface area (Å²) in [7, 11) is 0. The minimum atomic E-state index is -0.407. The van der Waals surface area contributed by atoms with Crippen LogP contribution in [0.1, 0.15) is 94.6 Å². The third-order valence-corrected chi connectivity index (χ3v) is 9.70. The SMILES string of the molecule is O=C(NCCCCCC(=O)N1CCC(CC2CCN(C(=O)CCCCCNC(=O)OCc3ccccc3)CC2)CC1)OCc1ccccc1. The van der Waals surface area contributed by atoms with Crippen LogP contribution in [-0.4, -0.2) is 73.1 Å². The summed E-state index contributed by atoms with van der Waals surface area (Å²) in [5.74, 6) is 1.82. The summed E-state index contributed by atoms with van der Waals surface area (Å²) >= 11 is 0. The van der Waals surface area contributed by atoms with E-state index in [-0.39, 0.29) is 25.0 Å². The zero-order valence-corrected chi connectivity index (χ0v) is 29.1. The Kier molecular flexibility index (Phi) is 16.8. The fraction of sp³-hybridized carbons (Fsp3) is 0.590. The predicted octanol–water partition coefficient (Wildman–Crippen LogP) is 6.83. The number of ether oxygens (including phenoxy) is 2. The summed E-state index contributed by atoms with van der Waals surface area (Å²) in [5.41, 5.74) is 1.92. The van der Waals surface area contributed by atoms with Gasteiger partial charge in [-0.25, -0.2) is 9.59 Å². The van der Waals surface area contributed by atoms with Gasteiger partial charge in [0.25, 0.3) is 0 Å². The predicted molar refractivity (Wildman–Crippen MR) is 189 cm³/mol. The fourth-order valence-electron chi connectivity index (χ4n) is 6.71. The average molecular weight is 677 g/mol. The number of nitrogens with zero attached hydrogens (tertiary/aromatic N) is 2. The third-order valence-electron chi connectivity index (χ3n) is 9.70. The molecule has 0 radical (unpaired) electrons. The molecule has 0 aromatic heterocycles. The van der Waals surface area contributed by atoms with E-state index in [1.165, 1.54) is 6.42 Å². The van der Waals surface area contributed by atoms with Crippen LogP contribution in [0.5, 0.6) is 0 Å². The molecule has 0 aliphatic carbocycles. The minimum absolute atomic E-state index is 0.248. The molecule has 0 bridgehead atoms. The van der Waals surface area contributed by atoms with Crippen LogP contribution in [0.25, 0.3) is 0 Å². The Hall–Kier alpha value is -4.08. The first-order chi connectivity index (χ1) is 24.0. The van der Waals surface area contributed by atoms with Crippen LogP contribution >= 0.6 is 0 Å². The van der Waals surface area contributed by atoms with Crippen molar-refractivity contribution in [2.24, 2.45) is 11.8 Å². The van der Waals surface area contributed by atoms with Gasteiger partial charge in [0.05, 0.1) is 0 Å². The van der Waals surface area contributed by atoms with Crippen LogP contribution in [0, 0.1) is 11.8 Å². The second-order valence-electron chi connectivity index (χ2n) is 13.5. The molecule has 0 saturated carbocycles. The molecule has 10 nitrogen and oxygen atoms in total. The molecule has 2 N–H and O–H groups in total. The molecule has 49 heavy (non-hydrogen) atoms. The number of hydrogen-bond donors (Lipinski definition) is 2. The lowest BCUT2D eigenvalue weighted by atomic mass is 9.82. The van der Waals surface area contributed by atoms with E-state index in [0.717, 1.165) is 102 Å². The molecule has 2 aromatic rings. The molecule has 268 valence electrons. The first-order valence-electron chi connectivity index (χ1n) is 18.4. The first kappa shape index (κ1) is 37.7. The zero-order chi connectivity index (χ0) is 34.5. The van der Waals surface area contributed by atoms with E-state index in [1.54, 1.807) is 0 Å². The molecule has 0 spiro atoms. The van der Waals surface area contributed by atoms with E-state index in [9.17, 15) is 19.2 Å². The number of amides is 4. The number of nitrogens with one attached hydrogen (secondary N) is 2. The monoisotopic (exact) mass is 676 g/mol. The van der Waals surface area contributed by atoms with Gasteiger partial charge in [0.2, 0.25) is 11.8 Å². The quantitative estimate of drug-likeness (QED) is 0.167. The number of alkyl carbamates (subject to hydrolysis) is 2. The van der Waals surface area contributed by atoms with Gasteiger partial charge in [-0.05, 0) is 80.8 Å². The van der Waals surface area contributed by atoms with Crippen molar-refractivity contribution < 1.29 is 28.7 Å². The molecule has 0 atom stereocenters. The van der Waals surface area contributed by atoms with Gasteiger partial charge in [-0.2, -0.15) is 0 Å². The van der Waals surface area contributed by atoms with Crippen LogP contribution in [0.3, 0.4) is 0 Å². The fourth-order valence-corrected chi connectivity index (χ4v) is 6.71. The zero-order valence-electron chi connectivity index (χ0n) is 29.1. The molecular weight excluding hydrogens is 620 g/mol. The summed E-state index contributed by atoms with van der Waals surface area (Å²) in [6, 6.07) is 19.2. The van der Waals surface area contributed by atoms with E-state index in [0.29, 0.717) is 37.8 Å². The van der Waals surface area contributed by atoms with Crippen LogP contribution in [0.2, 0.25) is 0 Å². The van der Waals surface area contributed by atoms with E-state index >= 15 is 0 Å². The minimum Gasteiger partial charge on any atom is -0.445 e. The lowest BCUT2D eigenvalue weighted by Gasteiger charge is -2.37. The van der Waals surface area contributed by atoms with Crippen molar-refractivity contribution in [3.8, 4) is 0 Å². The number of unbranched alkanes of at least 4 members (excludes halogenated alkanes) is 4. The van der Waals surface area contributed by atoms with Gasteiger partial charge < -0.3 is 29.9 Å². The van der Waals surface area contributed by atoms with Gasteiger partial charge in [-0.15, -0.1) is 0 Å². The van der Waals surface area contributed by atoms with Gasteiger partial charge in [0, 0.05) is 52.1 Å². The van der Waals surface area contributed by atoms with Crippen LogP contribution in [0.15, 0.2) is 60.7 Å². The molecule has 2 saturated heterocycles. The Morgan fingerprint density at radius 2 is 0.939 bits per heavy atom. The highest BCUT2D eigenvalue weighted by molar-refractivity contribution is 5.76. The lowest BCUT2D eigenvalue weighted by molar-refractivity contribution is -0.133. The second-order valence-corrected chi connectivity index (χ2v) is 13.5. The number of carbonyl (C=O) groups excluding carboxylic acids is 4. The lowest BCUT2D eigenvalue weighted by Crippen LogP contribution is -2.41. The molecule has 0 unspecified atom stereocenters. The number of piperidine rings is 2. The molecule has 2 aliphatic heterocycles. The number of rotatable bonds is 18. The summed E-state index contributed by atoms with van der Waals surface area (Å²) in [6.45, 7) is 5.01. The Labute approximate surface area is 292 Å². The summed E-state index contributed by atoms with van der Waals surface area (Å²) < 4.78 is 10.5. The Morgan fingerprint density at radius 3 is 1.33 bits per heavy atom. The van der Waals surface area contributed by atoms with Crippen molar-refractivity contribution in [2.45, 2.75) is 96.7 Å². The molecular formula is C39H56N4O6. The summed E-state index contributed by atoms with van der Waals surface area (Å²) in [5, 5.41) is 5.57. The molecule has 4 amide bonds. The van der Waals surface area contributed by atoms with Crippen molar-refractivity contribution in [1.82, 2.24) is 20.4 Å².